The van der Waals surface area contributed by atoms with Crippen LogP contribution in [-0.2, 0) is 14.3 Å². The van der Waals surface area contributed by atoms with Gasteiger partial charge in [0.05, 0.1) is 6.61 Å². The lowest BCUT2D eigenvalue weighted by atomic mass is 10.2. The van der Waals surface area contributed by atoms with Gasteiger partial charge in [0.2, 0.25) is 5.91 Å². The number of nitrogens with one attached hydrogen (secondary N) is 1. The summed E-state index contributed by atoms with van der Waals surface area (Å²) in [6, 6.07) is 7.27. The second kappa shape index (κ2) is 5.84. The molecule has 2 rings (SSSR count). The average Bonchev–Trinajstić information content (AvgIpc) is 2.40. The summed E-state index contributed by atoms with van der Waals surface area (Å²) in [7, 11) is 0. The van der Waals surface area contributed by atoms with Crippen LogP contribution in [0.5, 0.6) is 0 Å². The van der Waals surface area contributed by atoms with Crippen molar-refractivity contribution >= 4 is 23.2 Å². The number of anilines is 2. The smallest absolute Gasteiger partial charge is 0.253 e. The molecule has 0 aromatic heterocycles. The van der Waals surface area contributed by atoms with Crippen molar-refractivity contribution in [3.8, 4) is 0 Å². The zero-order valence-electron chi connectivity index (χ0n) is 11.2. The topological polar surface area (TPSA) is 58.6 Å². The molecule has 1 aliphatic heterocycles. The van der Waals surface area contributed by atoms with Crippen LogP contribution < -0.4 is 10.2 Å². The lowest BCUT2D eigenvalue weighted by molar-refractivity contribution is -0.125. The van der Waals surface area contributed by atoms with Crippen molar-refractivity contribution in [2.24, 2.45) is 5.92 Å². The fourth-order valence-electron chi connectivity index (χ4n) is 1.80. The molecule has 5 heteroatoms. The van der Waals surface area contributed by atoms with Gasteiger partial charge in [-0.25, -0.2) is 0 Å². The van der Waals surface area contributed by atoms with Crippen molar-refractivity contribution in [2.75, 3.05) is 30.0 Å². The quantitative estimate of drug-likeness (QED) is 0.901. The molecule has 1 aliphatic rings. The molecule has 1 aromatic carbocycles. The predicted molar refractivity (Wildman–Crippen MR) is 73.1 cm³/mol. The van der Waals surface area contributed by atoms with Gasteiger partial charge in [-0.1, -0.05) is 13.8 Å². The van der Waals surface area contributed by atoms with E-state index >= 15 is 0 Å². The van der Waals surface area contributed by atoms with Gasteiger partial charge in [-0.2, -0.15) is 0 Å². The number of ether oxygens (including phenoxy) is 1. The number of carbonyl (C=O) groups is 2. The third-order valence-electron chi connectivity index (χ3n) is 2.96. The first-order valence-corrected chi connectivity index (χ1v) is 6.37. The first-order valence-electron chi connectivity index (χ1n) is 6.37. The van der Waals surface area contributed by atoms with E-state index in [1.807, 2.05) is 26.0 Å². The van der Waals surface area contributed by atoms with E-state index in [9.17, 15) is 9.59 Å². The molecule has 1 saturated heterocycles. The molecule has 19 heavy (non-hydrogen) atoms. The summed E-state index contributed by atoms with van der Waals surface area (Å²) in [6.07, 6.45) is 0. The maximum Gasteiger partial charge on any atom is 0.253 e. The Kier molecular flexibility index (Phi) is 4.16. The van der Waals surface area contributed by atoms with E-state index in [1.165, 1.54) is 0 Å². The molecule has 0 atom stereocenters. The van der Waals surface area contributed by atoms with E-state index in [4.69, 9.17) is 4.74 Å². The maximum absolute atomic E-state index is 11.7. The molecule has 1 aromatic rings. The van der Waals surface area contributed by atoms with Gasteiger partial charge in [-0.3, -0.25) is 9.59 Å². The number of morpholine rings is 1. The van der Waals surface area contributed by atoms with Crippen LogP contribution >= 0.6 is 0 Å². The zero-order valence-corrected chi connectivity index (χ0v) is 11.2. The van der Waals surface area contributed by atoms with Crippen LogP contribution in [0.15, 0.2) is 24.3 Å². The van der Waals surface area contributed by atoms with Gasteiger partial charge < -0.3 is 15.0 Å². The van der Waals surface area contributed by atoms with Gasteiger partial charge in [0.1, 0.15) is 6.61 Å². The summed E-state index contributed by atoms with van der Waals surface area (Å²) in [5, 5.41) is 2.82. The zero-order chi connectivity index (χ0) is 13.8. The van der Waals surface area contributed by atoms with Gasteiger partial charge in [0.25, 0.3) is 5.91 Å². The SMILES string of the molecule is CC(C)C(=O)Nc1ccc(N2CCOCC2=O)cc1. The van der Waals surface area contributed by atoms with Gasteiger partial charge in [0.15, 0.2) is 0 Å². The van der Waals surface area contributed by atoms with Gasteiger partial charge in [0, 0.05) is 23.8 Å². The van der Waals surface area contributed by atoms with Crippen LogP contribution in [0, 0.1) is 5.92 Å². The fraction of sp³-hybridized carbons (Fsp3) is 0.429. The highest BCUT2D eigenvalue weighted by atomic mass is 16.5. The Balaban J connectivity index is 2.05. The number of rotatable bonds is 3. The van der Waals surface area contributed by atoms with E-state index in [1.54, 1.807) is 17.0 Å². The van der Waals surface area contributed by atoms with Crippen molar-refractivity contribution in [2.45, 2.75) is 13.8 Å². The number of carbonyl (C=O) groups excluding carboxylic acids is 2. The highest BCUT2D eigenvalue weighted by Gasteiger charge is 2.19. The molecule has 5 nitrogen and oxygen atoms in total. The third kappa shape index (κ3) is 3.32. The van der Waals surface area contributed by atoms with E-state index in [-0.39, 0.29) is 24.3 Å². The first kappa shape index (κ1) is 13.5. The Morgan fingerprint density at radius 2 is 2.00 bits per heavy atom. The Labute approximate surface area is 112 Å². The van der Waals surface area contributed by atoms with Gasteiger partial charge in [-0.15, -0.1) is 0 Å². The van der Waals surface area contributed by atoms with Crippen molar-refractivity contribution in [1.82, 2.24) is 0 Å². The highest BCUT2D eigenvalue weighted by molar-refractivity contribution is 5.96. The molecule has 0 unspecified atom stereocenters. The molecule has 0 aliphatic carbocycles. The molecular formula is C14H18N2O3. The highest BCUT2D eigenvalue weighted by Crippen LogP contribution is 2.19. The van der Waals surface area contributed by atoms with Crippen LogP contribution in [0.25, 0.3) is 0 Å². The van der Waals surface area contributed by atoms with Crippen LogP contribution in [0.3, 0.4) is 0 Å². The summed E-state index contributed by atoms with van der Waals surface area (Å²) < 4.78 is 5.09. The Bertz CT molecular complexity index is 468. The molecule has 0 spiro atoms. The van der Waals surface area contributed by atoms with Crippen molar-refractivity contribution in [3.05, 3.63) is 24.3 Å². The van der Waals surface area contributed by atoms with E-state index in [0.717, 1.165) is 11.4 Å². The molecule has 102 valence electrons. The van der Waals surface area contributed by atoms with E-state index < -0.39 is 0 Å². The lowest BCUT2D eigenvalue weighted by Crippen LogP contribution is -2.41. The summed E-state index contributed by atoms with van der Waals surface area (Å²) in [5.41, 5.74) is 1.57. The summed E-state index contributed by atoms with van der Waals surface area (Å²) >= 11 is 0. The third-order valence-corrected chi connectivity index (χ3v) is 2.96. The van der Waals surface area contributed by atoms with E-state index in [0.29, 0.717) is 13.2 Å². The monoisotopic (exact) mass is 262 g/mol. The van der Waals surface area contributed by atoms with Crippen LogP contribution in [0.1, 0.15) is 13.8 Å². The van der Waals surface area contributed by atoms with Crippen LogP contribution in [-0.4, -0.2) is 31.6 Å². The van der Waals surface area contributed by atoms with Gasteiger partial charge in [-0.05, 0) is 24.3 Å². The largest absolute Gasteiger partial charge is 0.370 e. The first-order chi connectivity index (χ1) is 9.08. The second-order valence-electron chi connectivity index (χ2n) is 4.79. The molecular weight excluding hydrogens is 244 g/mol. The Hall–Kier alpha value is -1.88. The molecule has 1 heterocycles. The van der Waals surface area contributed by atoms with E-state index in [2.05, 4.69) is 5.32 Å². The van der Waals surface area contributed by atoms with Crippen LogP contribution in [0.4, 0.5) is 11.4 Å². The molecule has 1 fully saturated rings. The van der Waals surface area contributed by atoms with Gasteiger partial charge >= 0.3 is 0 Å². The summed E-state index contributed by atoms with van der Waals surface area (Å²) in [6.45, 7) is 4.94. The predicted octanol–water partition coefficient (Wildman–Crippen LogP) is 1.64. The lowest BCUT2D eigenvalue weighted by Gasteiger charge is -2.26. The number of hydrogen-bond donors (Lipinski definition) is 1. The van der Waals surface area contributed by atoms with Crippen molar-refractivity contribution < 1.29 is 14.3 Å². The number of hydrogen-bond acceptors (Lipinski definition) is 3. The minimum Gasteiger partial charge on any atom is -0.370 e. The molecule has 1 N–H and O–H groups in total. The molecule has 0 saturated carbocycles. The maximum atomic E-state index is 11.7. The summed E-state index contributed by atoms with van der Waals surface area (Å²) in [4.78, 5) is 24.9. The minimum atomic E-state index is -0.0551. The number of benzene rings is 1. The second-order valence-corrected chi connectivity index (χ2v) is 4.79. The normalized spacial score (nSPS) is 15.7. The number of amides is 2. The Morgan fingerprint density at radius 3 is 2.58 bits per heavy atom. The molecule has 0 bridgehead atoms. The molecule has 2 amide bonds. The molecule has 0 radical (unpaired) electrons. The minimum absolute atomic E-state index is 0.0183. The number of nitrogens with zero attached hydrogens (tertiary/aromatic N) is 1. The standard InChI is InChI=1S/C14H18N2O3/c1-10(2)14(18)15-11-3-5-12(6-4-11)16-7-8-19-9-13(16)17/h3-6,10H,7-9H2,1-2H3,(H,15,18). The fourth-order valence-corrected chi connectivity index (χ4v) is 1.80. The van der Waals surface area contributed by atoms with Crippen molar-refractivity contribution in [3.63, 3.8) is 0 Å². The Morgan fingerprint density at radius 1 is 1.32 bits per heavy atom. The average molecular weight is 262 g/mol. The van der Waals surface area contributed by atoms with Crippen molar-refractivity contribution in [1.29, 1.82) is 0 Å². The summed E-state index contributed by atoms with van der Waals surface area (Å²) in [5.74, 6) is -0.110. The van der Waals surface area contributed by atoms with Crippen LogP contribution in [0.2, 0.25) is 0 Å².